The summed E-state index contributed by atoms with van der Waals surface area (Å²) in [6, 6.07) is 6.19. The van der Waals surface area contributed by atoms with Crippen LogP contribution in [0.25, 0.3) is 0 Å². The monoisotopic (exact) mass is 366 g/mol. The highest BCUT2D eigenvalue weighted by atomic mass is 16.5. The maximum atomic E-state index is 12.0. The molecular weight excluding hydrogens is 336 g/mol. The van der Waals surface area contributed by atoms with Crippen LogP contribution >= 0.6 is 0 Å². The van der Waals surface area contributed by atoms with Gasteiger partial charge in [-0.1, -0.05) is 13.8 Å². The first kappa shape index (κ1) is 22.1. The minimum atomic E-state index is -0.432. The number of hydrogen-bond acceptors (Lipinski definition) is 6. The molecule has 0 saturated heterocycles. The van der Waals surface area contributed by atoms with Crippen molar-refractivity contribution in [2.24, 2.45) is 11.8 Å². The highest BCUT2D eigenvalue weighted by Crippen LogP contribution is 2.12. The second kappa shape index (κ2) is 12.4. The van der Waals surface area contributed by atoms with Crippen LogP contribution in [0.3, 0.4) is 0 Å². The molecule has 1 rings (SSSR count). The summed E-state index contributed by atoms with van der Waals surface area (Å²) in [5, 5.41) is 17.6. The average Bonchev–Trinajstić information content (AvgIpc) is 2.66. The summed E-state index contributed by atoms with van der Waals surface area (Å²) in [6.45, 7) is 4.79. The second-order valence-electron chi connectivity index (χ2n) is 6.72. The standard InChI is InChI=1S/C20H30O6/c1-15(5-3-11-21)13-25-19(23)17-7-9-18(10-8-17)20(24)26-14-16(2)6-4-12-22/h7-10,15-16,21-22H,3-6,11-14H2,1-2H3. The summed E-state index contributed by atoms with van der Waals surface area (Å²) in [7, 11) is 0. The Morgan fingerprint density at radius 1 is 0.808 bits per heavy atom. The fourth-order valence-corrected chi connectivity index (χ4v) is 2.39. The van der Waals surface area contributed by atoms with E-state index in [-0.39, 0.29) is 25.0 Å². The fraction of sp³-hybridized carbons (Fsp3) is 0.600. The summed E-state index contributed by atoms with van der Waals surface area (Å²) in [6.07, 6.45) is 2.97. The molecule has 0 aliphatic rings. The van der Waals surface area contributed by atoms with Gasteiger partial charge in [-0.3, -0.25) is 0 Å². The molecule has 0 heterocycles. The zero-order valence-corrected chi connectivity index (χ0v) is 15.6. The normalized spacial score (nSPS) is 13.1. The van der Waals surface area contributed by atoms with Crippen molar-refractivity contribution >= 4 is 11.9 Å². The summed E-state index contributed by atoms with van der Waals surface area (Å²) >= 11 is 0. The lowest BCUT2D eigenvalue weighted by atomic mass is 10.1. The van der Waals surface area contributed by atoms with Crippen LogP contribution in [0.5, 0.6) is 0 Å². The Balaban J connectivity index is 2.44. The summed E-state index contributed by atoms with van der Waals surface area (Å²) in [5.41, 5.74) is 0.763. The van der Waals surface area contributed by atoms with Gasteiger partial charge in [0, 0.05) is 13.2 Å². The van der Waals surface area contributed by atoms with Gasteiger partial charge in [-0.15, -0.1) is 0 Å². The van der Waals surface area contributed by atoms with E-state index in [2.05, 4.69) is 0 Å². The van der Waals surface area contributed by atoms with E-state index in [1.165, 1.54) is 0 Å². The van der Waals surface area contributed by atoms with Crippen LogP contribution in [0.2, 0.25) is 0 Å². The molecule has 6 nitrogen and oxygen atoms in total. The number of rotatable bonds is 12. The molecule has 0 bridgehead atoms. The zero-order valence-electron chi connectivity index (χ0n) is 15.6. The first-order valence-corrected chi connectivity index (χ1v) is 9.14. The van der Waals surface area contributed by atoms with Crippen LogP contribution in [0, 0.1) is 11.8 Å². The van der Waals surface area contributed by atoms with Crippen LogP contribution < -0.4 is 0 Å². The van der Waals surface area contributed by atoms with E-state index in [1.54, 1.807) is 24.3 Å². The number of carbonyl (C=O) groups is 2. The Bertz CT molecular complexity index is 491. The van der Waals surface area contributed by atoms with Crippen molar-refractivity contribution in [3.63, 3.8) is 0 Å². The molecule has 26 heavy (non-hydrogen) atoms. The molecule has 2 unspecified atom stereocenters. The van der Waals surface area contributed by atoms with Gasteiger partial charge in [-0.05, 0) is 61.8 Å². The van der Waals surface area contributed by atoms with Gasteiger partial charge in [0.1, 0.15) is 0 Å². The molecule has 0 spiro atoms. The van der Waals surface area contributed by atoms with Crippen LogP contribution in [0.15, 0.2) is 24.3 Å². The van der Waals surface area contributed by atoms with E-state index in [4.69, 9.17) is 19.7 Å². The van der Waals surface area contributed by atoms with E-state index < -0.39 is 11.9 Å². The van der Waals surface area contributed by atoms with Gasteiger partial charge in [0.05, 0.1) is 24.3 Å². The van der Waals surface area contributed by atoms with Crippen LogP contribution in [-0.4, -0.2) is 48.6 Å². The lowest BCUT2D eigenvalue weighted by Gasteiger charge is -2.12. The lowest BCUT2D eigenvalue weighted by Crippen LogP contribution is -2.14. The maximum absolute atomic E-state index is 12.0. The number of ether oxygens (including phenoxy) is 2. The van der Waals surface area contributed by atoms with E-state index >= 15 is 0 Å². The SMILES string of the molecule is CC(CCCO)COC(=O)c1ccc(C(=O)OCC(C)CCCO)cc1. The molecule has 0 aromatic heterocycles. The van der Waals surface area contributed by atoms with Crippen molar-refractivity contribution in [2.45, 2.75) is 39.5 Å². The third-order valence-electron chi connectivity index (χ3n) is 4.06. The van der Waals surface area contributed by atoms with Gasteiger partial charge in [0.15, 0.2) is 0 Å². The minimum Gasteiger partial charge on any atom is -0.462 e. The van der Waals surface area contributed by atoms with Crippen molar-refractivity contribution in [2.75, 3.05) is 26.4 Å². The number of aliphatic hydroxyl groups excluding tert-OH is 2. The molecule has 0 fully saturated rings. The molecule has 6 heteroatoms. The van der Waals surface area contributed by atoms with Gasteiger partial charge < -0.3 is 19.7 Å². The largest absolute Gasteiger partial charge is 0.462 e. The molecule has 0 aliphatic heterocycles. The van der Waals surface area contributed by atoms with E-state index in [1.807, 2.05) is 13.8 Å². The smallest absolute Gasteiger partial charge is 0.338 e. The Morgan fingerprint density at radius 3 is 1.46 bits per heavy atom. The Kier molecular flexibility index (Phi) is 10.6. The van der Waals surface area contributed by atoms with Crippen LogP contribution in [-0.2, 0) is 9.47 Å². The average molecular weight is 366 g/mol. The minimum absolute atomic E-state index is 0.135. The number of hydrogen-bond donors (Lipinski definition) is 2. The third-order valence-corrected chi connectivity index (χ3v) is 4.06. The quantitative estimate of drug-likeness (QED) is 0.553. The molecule has 146 valence electrons. The highest BCUT2D eigenvalue weighted by Gasteiger charge is 2.13. The van der Waals surface area contributed by atoms with Gasteiger partial charge in [-0.2, -0.15) is 0 Å². The summed E-state index contributed by atoms with van der Waals surface area (Å²) in [4.78, 5) is 24.0. The number of esters is 2. The number of benzene rings is 1. The molecule has 0 saturated carbocycles. The number of aliphatic hydroxyl groups is 2. The van der Waals surface area contributed by atoms with Gasteiger partial charge in [-0.25, -0.2) is 9.59 Å². The van der Waals surface area contributed by atoms with Crippen molar-refractivity contribution in [3.05, 3.63) is 35.4 Å². The summed E-state index contributed by atoms with van der Waals surface area (Å²) in [5.74, 6) is -0.488. The van der Waals surface area contributed by atoms with Gasteiger partial charge in [0.25, 0.3) is 0 Å². The lowest BCUT2D eigenvalue weighted by molar-refractivity contribution is 0.0426. The van der Waals surface area contributed by atoms with Crippen LogP contribution in [0.4, 0.5) is 0 Å². The molecule has 0 aliphatic carbocycles. The predicted molar refractivity (Wildman–Crippen MR) is 98.0 cm³/mol. The first-order chi connectivity index (χ1) is 12.5. The molecule has 2 atom stereocenters. The first-order valence-electron chi connectivity index (χ1n) is 9.14. The van der Waals surface area contributed by atoms with Crippen molar-refractivity contribution in [1.29, 1.82) is 0 Å². The highest BCUT2D eigenvalue weighted by molar-refractivity contribution is 5.93. The number of carbonyl (C=O) groups excluding carboxylic acids is 2. The Hall–Kier alpha value is -1.92. The van der Waals surface area contributed by atoms with Crippen molar-refractivity contribution in [1.82, 2.24) is 0 Å². The fourth-order valence-electron chi connectivity index (χ4n) is 2.39. The molecule has 1 aromatic carbocycles. The van der Waals surface area contributed by atoms with E-state index in [0.29, 0.717) is 37.2 Å². The third kappa shape index (κ3) is 8.45. The van der Waals surface area contributed by atoms with Crippen LogP contribution in [0.1, 0.15) is 60.2 Å². The Morgan fingerprint density at radius 2 is 1.15 bits per heavy atom. The predicted octanol–water partition coefficient (Wildman–Crippen LogP) is 2.82. The van der Waals surface area contributed by atoms with E-state index in [9.17, 15) is 9.59 Å². The Labute approximate surface area is 155 Å². The van der Waals surface area contributed by atoms with Gasteiger partial charge >= 0.3 is 11.9 Å². The van der Waals surface area contributed by atoms with Crippen molar-refractivity contribution in [3.8, 4) is 0 Å². The molecule has 1 aromatic rings. The van der Waals surface area contributed by atoms with E-state index in [0.717, 1.165) is 12.8 Å². The molecule has 2 N–H and O–H groups in total. The maximum Gasteiger partial charge on any atom is 0.338 e. The molecule has 0 amide bonds. The second-order valence-corrected chi connectivity index (χ2v) is 6.72. The van der Waals surface area contributed by atoms with Gasteiger partial charge in [0.2, 0.25) is 0 Å². The zero-order chi connectivity index (χ0) is 19.4. The molecular formula is C20H30O6. The topological polar surface area (TPSA) is 93.1 Å². The van der Waals surface area contributed by atoms with Crippen molar-refractivity contribution < 1.29 is 29.3 Å². The molecule has 0 radical (unpaired) electrons. The summed E-state index contributed by atoms with van der Waals surface area (Å²) < 4.78 is 10.5.